The van der Waals surface area contributed by atoms with E-state index < -0.39 is 34.8 Å². The van der Waals surface area contributed by atoms with Crippen molar-refractivity contribution in [3.05, 3.63) is 41.0 Å². The van der Waals surface area contributed by atoms with Crippen molar-refractivity contribution in [2.45, 2.75) is 46.3 Å². The number of nitrogens with one attached hydrogen (secondary N) is 2. The van der Waals surface area contributed by atoms with Crippen LogP contribution in [-0.4, -0.2) is 52.9 Å². The molecule has 2 N–H and O–H groups in total. The van der Waals surface area contributed by atoms with Crippen LogP contribution in [0.5, 0.6) is 0 Å². The number of hydrogen-bond acceptors (Lipinski definition) is 4. The Hall–Kier alpha value is -2.88. The van der Waals surface area contributed by atoms with E-state index in [1.807, 2.05) is 32.7 Å². The van der Waals surface area contributed by atoms with Crippen LogP contribution in [-0.2, 0) is 17.9 Å². The quantitative estimate of drug-likeness (QED) is 0.701. The van der Waals surface area contributed by atoms with Crippen LogP contribution in [0.1, 0.15) is 43.4 Å². The molecule has 10 heteroatoms. The molecule has 0 bridgehead atoms. The average molecular weight is 451 g/mol. The monoisotopic (exact) mass is 451 g/mol. The number of carbonyl (C=O) groups excluding carboxylic acids is 2. The number of halogens is 3. The minimum atomic E-state index is -1.59. The Bertz CT molecular complexity index is 1050. The molecule has 1 unspecified atom stereocenters. The molecule has 2 aromatic rings. The highest BCUT2D eigenvalue weighted by molar-refractivity contribution is 5.97. The molecule has 174 valence electrons. The molecule has 1 aliphatic rings. The Morgan fingerprint density at radius 2 is 1.81 bits per heavy atom. The first-order valence-electron chi connectivity index (χ1n) is 10.4. The second kappa shape index (κ2) is 8.93. The van der Waals surface area contributed by atoms with Gasteiger partial charge in [0.1, 0.15) is 11.9 Å². The molecular formula is C22H28F3N5O2. The minimum Gasteiger partial charge on any atom is -0.357 e. The number of hydrogen-bond donors (Lipinski definition) is 2. The molecule has 32 heavy (non-hydrogen) atoms. The maximum absolute atomic E-state index is 14.6. The Morgan fingerprint density at radius 3 is 2.44 bits per heavy atom. The molecule has 3 rings (SSSR count). The van der Waals surface area contributed by atoms with Gasteiger partial charge in [0.05, 0.1) is 11.3 Å². The van der Waals surface area contributed by atoms with Gasteiger partial charge in [-0.15, -0.1) is 0 Å². The van der Waals surface area contributed by atoms with E-state index in [1.54, 1.807) is 4.57 Å². The van der Waals surface area contributed by atoms with E-state index in [-0.39, 0.29) is 23.0 Å². The van der Waals surface area contributed by atoms with Gasteiger partial charge < -0.3 is 20.1 Å². The molecule has 1 aromatic heterocycles. The zero-order chi connectivity index (χ0) is 23.8. The van der Waals surface area contributed by atoms with Crippen LogP contribution in [0.15, 0.2) is 12.1 Å². The first-order valence-corrected chi connectivity index (χ1v) is 10.4. The van der Waals surface area contributed by atoms with Crippen molar-refractivity contribution in [1.82, 2.24) is 25.1 Å². The van der Waals surface area contributed by atoms with Crippen LogP contribution in [0.2, 0.25) is 0 Å². The minimum absolute atomic E-state index is 0.0241. The lowest BCUT2D eigenvalue weighted by Crippen LogP contribution is -2.53. The second-order valence-electron chi connectivity index (χ2n) is 9.08. The zero-order valence-corrected chi connectivity index (χ0v) is 18.9. The van der Waals surface area contributed by atoms with Gasteiger partial charge in [-0.3, -0.25) is 9.59 Å². The second-order valence-corrected chi connectivity index (χ2v) is 9.08. The fraction of sp³-hybridized carbons (Fsp3) is 0.500. The van der Waals surface area contributed by atoms with Crippen LogP contribution in [0.25, 0.3) is 11.4 Å². The van der Waals surface area contributed by atoms with Gasteiger partial charge in [-0.25, -0.2) is 18.2 Å². The first kappa shape index (κ1) is 23.8. The average Bonchev–Trinajstić information content (AvgIpc) is 2.94. The summed E-state index contributed by atoms with van der Waals surface area (Å²) >= 11 is 0. The predicted molar refractivity (Wildman–Crippen MR) is 113 cm³/mol. The molecule has 1 aliphatic heterocycles. The van der Waals surface area contributed by atoms with E-state index in [1.165, 1.54) is 7.05 Å². The highest BCUT2D eigenvalue weighted by Gasteiger charge is 2.35. The van der Waals surface area contributed by atoms with Crippen molar-refractivity contribution >= 4 is 11.8 Å². The van der Waals surface area contributed by atoms with Crippen LogP contribution in [0.3, 0.4) is 0 Å². The molecular weight excluding hydrogens is 423 g/mol. The van der Waals surface area contributed by atoms with Crippen LogP contribution < -0.4 is 10.6 Å². The third kappa shape index (κ3) is 4.50. The number of imidazole rings is 1. The van der Waals surface area contributed by atoms with E-state index in [4.69, 9.17) is 0 Å². The van der Waals surface area contributed by atoms with Crippen LogP contribution >= 0.6 is 0 Å². The van der Waals surface area contributed by atoms with E-state index in [0.29, 0.717) is 25.2 Å². The summed E-state index contributed by atoms with van der Waals surface area (Å²) < 4.78 is 43.7. The Balaban J connectivity index is 2.12. The fourth-order valence-electron chi connectivity index (χ4n) is 3.83. The molecule has 7 nitrogen and oxygen atoms in total. The lowest BCUT2D eigenvalue weighted by atomic mass is 9.86. The van der Waals surface area contributed by atoms with Gasteiger partial charge in [0.25, 0.3) is 5.91 Å². The number of nitrogens with zero attached hydrogens (tertiary/aromatic N) is 3. The largest absolute Gasteiger partial charge is 0.357 e. The zero-order valence-electron chi connectivity index (χ0n) is 18.9. The van der Waals surface area contributed by atoms with Gasteiger partial charge in [0, 0.05) is 20.1 Å². The molecule has 0 fully saturated rings. The molecule has 2 heterocycles. The van der Waals surface area contributed by atoms with E-state index in [0.717, 1.165) is 18.7 Å². The first-order chi connectivity index (χ1) is 15.0. The van der Waals surface area contributed by atoms with Crippen molar-refractivity contribution in [3.8, 4) is 11.4 Å². The lowest BCUT2D eigenvalue weighted by Gasteiger charge is -2.29. The summed E-state index contributed by atoms with van der Waals surface area (Å²) in [6.07, 6.45) is 0.696. The van der Waals surface area contributed by atoms with Gasteiger partial charge in [-0.1, -0.05) is 20.8 Å². The molecule has 1 aromatic carbocycles. The molecule has 0 spiro atoms. The third-order valence-corrected chi connectivity index (χ3v) is 5.55. The number of aromatic nitrogens is 2. The van der Waals surface area contributed by atoms with E-state index in [9.17, 15) is 22.8 Å². The normalized spacial score (nSPS) is 15.6. The van der Waals surface area contributed by atoms with Crippen molar-refractivity contribution < 1.29 is 22.8 Å². The highest BCUT2D eigenvalue weighted by atomic mass is 19.2. The number of benzene rings is 1. The summed E-state index contributed by atoms with van der Waals surface area (Å²) in [6.45, 7) is 6.95. The van der Waals surface area contributed by atoms with Gasteiger partial charge in [0.15, 0.2) is 23.1 Å². The van der Waals surface area contributed by atoms with Gasteiger partial charge in [0.2, 0.25) is 5.91 Å². The summed E-state index contributed by atoms with van der Waals surface area (Å²) in [7, 11) is 3.36. The maximum Gasteiger partial charge on any atom is 0.272 e. The van der Waals surface area contributed by atoms with Crippen LogP contribution in [0, 0.1) is 22.9 Å². The third-order valence-electron chi connectivity index (χ3n) is 5.55. The molecule has 0 saturated carbocycles. The van der Waals surface area contributed by atoms with E-state index >= 15 is 0 Å². The summed E-state index contributed by atoms with van der Waals surface area (Å²) in [4.78, 5) is 32.0. The van der Waals surface area contributed by atoms with Gasteiger partial charge >= 0.3 is 0 Å². The van der Waals surface area contributed by atoms with Gasteiger partial charge in [-0.2, -0.15) is 0 Å². The lowest BCUT2D eigenvalue weighted by molar-refractivity contribution is -0.124. The SMILES string of the molecule is CNC(=O)C(NC(=O)c1nc(-c2ccc(F)c(F)c2F)n2c1CN(C)CCC2)C(C)(C)C. The predicted octanol–water partition coefficient (Wildman–Crippen LogP) is 2.69. The number of amides is 2. The number of carbonyl (C=O) groups is 2. The molecule has 0 saturated heterocycles. The van der Waals surface area contributed by atoms with Gasteiger partial charge in [-0.05, 0) is 37.6 Å². The number of fused-ring (bicyclic) bond motifs is 1. The summed E-state index contributed by atoms with van der Waals surface area (Å²) in [5.41, 5.74) is -0.271. The molecule has 2 amide bonds. The standard InChI is InChI=1S/C22H28F3N5O2/c1-22(2,3)18(21(32)26-4)28-20(31)17-14-11-29(5)9-6-10-30(14)19(27-17)12-7-8-13(23)16(25)15(12)24/h7-8,18H,6,9-11H2,1-5H3,(H,26,32)(H,28,31). The highest BCUT2D eigenvalue weighted by Crippen LogP contribution is 2.30. The molecule has 1 atom stereocenters. The number of rotatable bonds is 4. The summed E-state index contributed by atoms with van der Waals surface area (Å²) in [6, 6.07) is 1.10. The topological polar surface area (TPSA) is 79.3 Å². The number of likely N-dealkylation sites (N-methyl/N-ethyl adjacent to an activating group) is 1. The Morgan fingerprint density at radius 1 is 1.12 bits per heavy atom. The Kier molecular flexibility index (Phi) is 6.64. The van der Waals surface area contributed by atoms with Crippen molar-refractivity contribution in [2.75, 3.05) is 20.6 Å². The van der Waals surface area contributed by atoms with Crippen molar-refractivity contribution in [2.24, 2.45) is 5.41 Å². The maximum atomic E-state index is 14.6. The van der Waals surface area contributed by atoms with Crippen molar-refractivity contribution in [3.63, 3.8) is 0 Å². The summed E-state index contributed by atoms with van der Waals surface area (Å²) in [5.74, 6) is -5.17. The fourth-order valence-corrected chi connectivity index (χ4v) is 3.83. The Labute approximate surface area is 185 Å². The van der Waals surface area contributed by atoms with E-state index in [2.05, 4.69) is 15.6 Å². The van der Waals surface area contributed by atoms with Crippen molar-refractivity contribution in [1.29, 1.82) is 0 Å². The summed E-state index contributed by atoms with van der Waals surface area (Å²) in [5, 5.41) is 5.28. The smallest absolute Gasteiger partial charge is 0.272 e. The van der Waals surface area contributed by atoms with Crippen LogP contribution in [0.4, 0.5) is 13.2 Å². The molecule has 0 aliphatic carbocycles. The molecule has 0 radical (unpaired) electrons.